The largest absolute Gasteiger partial charge is 0.452 e. The highest BCUT2D eigenvalue weighted by Crippen LogP contribution is 2.23. The molecule has 1 aliphatic heterocycles. The maximum absolute atomic E-state index is 12.5. The molecule has 7 nitrogen and oxygen atoms in total. The highest BCUT2D eigenvalue weighted by Gasteiger charge is 2.45. The zero-order valence-electron chi connectivity index (χ0n) is 18.3. The molecular formula is C24H28N2O5S. The van der Waals surface area contributed by atoms with Gasteiger partial charge in [0, 0.05) is 17.1 Å². The minimum Gasteiger partial charge on any atom is -0.452 e. The van der Waals surface area contributed by atoms with E-state index in [0.717, 1.165) is 36.6 Å². The number of thioether (sulfide) groups is 1. The molecule has 1 heterocycles. The topological polar surface area (TPSA) is 84.9 Å². The van der Waals surface area contributed by atoms with Crippen LogP contribution in [-0.4, -0.2) is 60.8 Å². The van der Waals surface area contributed by atoms with Crippen molar-refractivity contribution in [1.29, 1.82) is 0 Å². The third kappa shape index (κ3) is 6.83. The van der Waals surface area contributed by atoms with Crippen LogP contribution in [0.2, 0.25) is 0 Å². The Morgan fingerprint density at radius 3 is 2.47 bits per heavy atom. The van der Waals surface area contributed by atoms with E-state index in [9.17, 15) is 14.4 Å². The van der Waals surface area contributed by atoms with Crippen LogP contribution >= 0.6 is 11.8 Å². The van der Waals surface area contributed by atoms with Crippen molar-refractivity contribution in [1.82, 2.24) is 4.90 Å². The molecule has 0 saturated carbocycles. The summed E-state index contributed by atoms with van der Waals surface area (Å²) in [6.07, 6.45) is 2.13. The van der Waals surface area contributed by atoms with Gasteiger partial charge in [-0.1, -0.05) is 30.3 Å². The molecule has 0 bridgehead atoms. The van der Waals surface area contributed by atoms with Gasteiger partial charge in [-0.3, -0.25) is 4.79 Å². The Balaban J connectivity index is 1.37. The zero-order valence-corrected chi connectivity index (χ0v) is 19.2. The minimum atomic E-state index is -1.54. The molecule has 0 aliphatic carbocycles. The molecule has 1 saturated heterocycles. The maximum Gasteiger partial charge on any atom is 0.418 e. The standard InChI is InChI=1S/C24H28N2O5S/c1-24(17-30-21(27)22(28)31-24)23(29)25-19-9-11-20(12-10-19)32-16-6-14-26(2)15-13-18-7-4-3-5-8-18/h3-5,7-12H,6,13-17H2,1-2H3,(H,25,29). The fraction of sp³-hybridized carbons (Fsp3) is 0.375. The molecule has 1 amide bonds. The van der Waals surface area contributed by atoms with E-state index in [1.807, 2.05) is 18.2 Å². The van der Waals surface area contributed by atoms with E-state index in [1.54, 1.807) is 23.9 Å². The zero-order chi connectivity index (χ0) is 23.0. The number of carbonyl (C=O) groups is 3. The average molecular weight is 457 g/mol. The van der Waals surface area contributed by atoms with Gasteiger partial charge in [0.05, 0.1) is 0 Å². The van der Waals surface area contributed by atoms with Crippen LogP contribution in [0.4, 0.5) is 5.69 Å². The fourth-order valence-corrected chi connectivity index (χ4v) is 3.99. The molecule has 170 valence electrons. The van der Waals surface area contributed by atoms with Gasteiger partial charge in [-0.05, 0) is 68.9 Å². The normalized spacial score (nSPS) is 18.2. The Morgan fingerprint density at radius 1 is 1.06 bits per heavy atom. The van der Waals surface area contributed by atoms with Gasteiger partial charge in [-0.2, -0.15) is 0 Å². The third-order valence-electron chi connectivity index (χ3n) is 5.13. The number of rotatable bonds is 10. The molecule has 1 N–H and O–H groups in total. The first-order valence-electron chi connectivity index (χ1n) is 10.5. The average Bonchev–Trinajstić information content (AvgIpc) is 2.80. The van der Waals surface area contributed by atoms with Gasteiger partial charge in [-0.15, -0.1) is 11.8 Å². The van der Waals surface area contributed by atoms with Gasteiger partial charge >= 0.3 is 11.9 Å². The van der Waals surface area contributed by atoms with Crippen LogP contribution in [-0.2, 0) is 30.3 Å². The molecule has 1 aliphatic rings. The van der Waals surface area contributed by atoms with Crippen molar-refractivity contribution in [2.24, 2.45) is 0 Å². The molecule has 1 atom stereocenters. The Labute approximate surface area is 192 Å². The van der Waals surface area contributed by atoms with Crippen molar-refractivity contribution in [2.45, 2.75) is 30.3 Å². The molecule has 0 aromatic heterocycles. The predicted octanol–water partition coefficient (Wildman–Crippen LogP) is 3.14. The van der Waals surface area contributed by atoms with Crippen molar-refractivity contribution in [3.63, 3.8) is 0 Å². The number of hydrogen-bond donors (Lipinski definition) is 1. The second-order valence-corrected chi connectivity index (χ2v) is 9.08. The summed E-state index contributed by atoms with van der Waals surface area (Å²) in [4.78, 5) is 38.4. The summed E-state index contributed by atoms with van der Waals surface area (Å²) in [6, 6.07) is 18.0. The lowest BCUT2D eigenvalue weighted by molar-refractivity contribution is -0.197. The summed E-state index contributed by atoms with van der Waals surface area (Å²) >= 11 is 1.77. The van der Waals surface area contributed by atoms with Crippen LogP contribution in [0.5, 0.6) is 0 Å². The molecule has 32 heavy (non-hydrogen) atoms. The summed E-state index contributed by atoms with van der Waals surface area (Å²) in [5, 5.41) is 2.70. The molecule has 2 aromatic rings. The van der Waals surface area contributed by atoms with Crippen molar-refractivity contribution in [3.05, 3.63) is 60.2 Å². The van der Waals surface area contributed by atoms with E-state index >= 15 is 0 Å². The smallest absolute Gasteiger partial charge is 0.418 e. The van der Waals surface area contributed by atoms with Gasteiger partial charge in [0.2, 0.25) is 5.60 Å². The van der Waals surface area contributed by atoms with E-state index in [2.05, 4.69) is 41.5 Å². The molecule has 8 heteroatoms. The van der Waals surface area contributed by atoms with Gasteiger partial charge in [0.15, 0.2) is 0 Å². The van der Waals surface area contributed by atoms with Crippen molar-refractivity contribution >= 4 is 35.3 Å². The van der Waals surface area contributed by atoms with Gasteiger partial charge in [-0.25, -0.2) is 9.59 Å². The number of anilines is 1. The van der Waals surface area contributed by atoms with Crippen LogP contribution in [0.1, 0.15) is 18.9 Å². The number of nitrogens with one attached hydrogen (secondary N) is 1. The van der Waals surface area contributed by atoms with Crippen LogP contribution in [0.15, 0.2) is 59.5 Å². The maximum atomic E-state index is 12.5. The number of nitrogens with zero attached hydrogens (tertiary/aromatic N) is 1. The second-order valence-electron chi connectivity index (χ2n) is 7.92. The molecule has 0 spiro atoms. The Kier molecular flexibility index (Phi) is 8.30. The first kappa shape index (κ1) is 23.8. The van der Waals surface area contributed by atoms with E-state index in [1.165, 1.54) is 12.5 Å². The first-order valence-corrected chi connectivity index (χ1v) is 11.5. The Hall–Kier alpha value is -2.84. The highest BCUT2D eigenvalue weighted by atomic mass is 32.2. The van der Waals surface area contributed by atoms with Crippen LogP contribution < -0.4 is 5.32 Å². The summed E-state index contributed by atoms with van der Waals surface area (Å²) in [7, 11) is 2.15. The lowest BCUT2D eigenvalue weighted by Gasteiger charge is -2.30. The Bertz CT molecular complexity index is 935. The van der Waals surface area contributed by atoms with Crippen molar-refractivity contribution < 1.29 is 23.9 Å². The van der Waals surface area contributed by atoms with E-state index < -0.39 is 23.4 Å². The quantitative estimate of drug-likeness (QED) is 0.254. The molecule has 1 fully saturated rings. The molecule has 3 rings (SSSR count). The molecule has 0 radical (unpaired) electrons. The van der Waals surface area contributed by atoms with Gasteiger partial charge < -0.3 is 19.7 Å². The first-order chi connectivity index (χ1) is 15.4. The van der Waals surface area contributed by atoms with Crippen LogP contribution in [0, 0.1) is 0 Å². The molecular weight excluding hydrogens is 428 g/mol. The molecule has 2 aromatic carbocycles. The second kappa shape index (κ2) is 11.2. The highest BCUT2D eigenvalue weighted by molar-refractivity contribution is 7.99. The summed E-state index contributed by atoms with van der Waals surface area (Å²) in [5.74, 6) is -1.79. The minimum absolute atomic E-state index is 0.308. The molecule has 1 unspecified atom stereocenters. The van der Waals surface area contributed by atoms with E-state index in [4.69, 9.17) is 9.47 Å². The van der Waals surface area contributed by atoms with Crippen molar-refractivity contribution in [2.75, 3.05) is 37.8 Å². The van der Waals surface area contributed by atoms with Crippen LogP contribution in [0.3, 0.4) is 0 Å². The number of benzene rings is 2. The third-order valence-corrected chi connectivity index (χ3v) is 6.23. The number of likely N-dealkylation sites (N-methyl/N-ethyl adjacent to an activating group) is 1. The number of amides is 1. The van der Waals surface area contributed by atoms with Gasteiger partial charge in [0.25, 0.3) is 5.91 Å². The summed E-state index contributed by atoms with van der Waals surface area (Å²) in [6.45, 7) is 3.18. The monoisotopic (exact) mass is 456 g/mol. The number of esters is 2. The summed E-state index contributed by atoms with van der Waals surface area (Å²) < 4.78 is 9.65. The predicted molar refractivity (Wildman–Crippen MR) is 124 cm³/mol. The van der Waals surface area contributed by atoms with Crippen molar-refractivity contribution in [3.8, 4) is 0 Å². The Morgan fingerprint density at radius 2 is 1.78 bits per heavy atom. The lowest BCUT2D eigenvalue weighted by atomic mass is 10.1. The fourth-order valence-electron chi connectivity index (χ4n) is 3.15. The number of hydrogen-bond acceptors (Lipinski definition) is 7. The van der Waals surface area contributed by atoms with E-state index in [-0.39, 0.29) is 6.61 Å². The number of carbonyl (C=O) groups excluding carboxylic acids is 3. The summed E-state index contributed by atoms with van der Waals surface area (Å²) in [5.41, 5.74) is 0.400. The van der Waals surface area contributed by atoms with E-state index in [0.29, 0.717) is 5.69 Å². The number of cyclic esters (lactones) is 2. The number of ether oxygens (including phenoxy) is 2. The lowest BCUT2D eigenvalue weighted by Crippen LogP contribution is -2.53. The SMILES string of the molecule is CN(CCCSc1ccc(NC(=O)C2(C)COC(=O)C(=O)O2)cc1)CCc1ccccc1. The van der Waals surface area contributed by atoms with Crippen LogP contribution in [0.25, 0.3) is 0 Å². The van der Waals surface area contributed by atoms with Gasteiger partial charge in [0.1, 0.15) is 6.61 Å².